The van der Waals surface area contributed by atoms with Crippen molar-refractivity contribution in [3.05, 3.63) is 51.7 Å². The number of nitrogens with one attached hydrogen (secondary N) is 4. The summed E-state index contributed by atoms with van der Waals surface area (Å²) in [7, 11) is 0. The van der Waals surface area contributed by atoms with Gasteiger partial charge in [-0.05, 0) is 31.2 Å². The molecule has 1 unspecified atom stereocenters. The summed E-state index contributed by atoms with van der Waals surface area (Å²) in [4.78, 5) is 34.7. The fourth-order valence-electron chi connectivity index (χ4n) is 3.42. The molecule has 1 atom stereocenters. The molecule has 1 aliphatic rings. The van der Waals surface area contributed by atoms with Gasteiger partial charge >= 0.3 is 5.69 Å². The first-order valence-electron chi connectivity index (χ1n) is 8.93. The second kappa shape index (κ2) is 6.49. The molecule has 10 heteroatoms. The molecule has 1 amide bonds. The van der Waals surface area contributed by atoms with Gasteiger partial charge in [0.1, 0.15) is 22.4 Å². The van der Waals surface area contributed by atoms with E-state index in [1.807, 2.05) is 19.1 Å². The number of rotatable bonds is 2. The van der Waals surface area contributed by atoms with E-state index in [9.17, 15) is 9.59 Å². The quantitative estimate of drug-likeness (QED) is 0.374. The molecule has 4 heterocycles. The molecule has 1 aliphatic heterocycles. The van der Waals surface area contributed by atoms with E-state index in [1.54, 1.807) is 12.1 Å². The number of fused-ring (bicyclic) bond motifs is 5. The van der Waals surface area contributed by atoms with Crippen molar-refractivity contribution in [2.75, 3.05) is 17.2 Å². The number of hydrogen-bond acceptors (Lipinski definition) is 7. The van der Waals surface area contributed by atoms with Gasteiger partial charge in [-0.15, -0.1) is 0 Å². The maximum Gasteiger partial charge on any atom is 0.348 e. The molecule has 4 aromatic rings. The zero-order chi connectivity index (χ0) is 20.1. The van der Waals surface area contributed by atoms with Crippen molar-refractivity contribution in [3.63, 3.8) is 0 Å². The van der Waals surface area contributed by atoms with E-state index in [1.165, 1.54) is 6.07 Å². The fourth-order valence-corrected chi connectivity index (χ4v) is 3.60. The number of hydrogen-bond donors (Lipinski definition) is 4. The second-order valence-corrected chi connectivity index (χ2v) is 7.22. The molecular formula is C19H15ClN6O3. The minimum atomic E-state index is -0.554. The van der Waals surface area contributed by atoms with Crippen molar-refractivity contribution < 1.29 is 9.21 Å². The largest absolute Gasteiger partial charge is 0.449 e. The van der Waals surface area contributed by atoms with Crippen molar-refractivity contribution in [1.82, 2.24) is 20.3 Å². The molecule has 5 rings (SSSR count). The number of carbonyl (C=O) groups is 1. The Morgan fingerprint density at radius 3 is 2.86 bits per heavy atom. The summed E-state index contributed by atoms with van der Waals surface area (Å²) in [6, 6.07) is 8.71. The number of halogens is 1. The van der Waals surface area contributed by atoms with E-state index in [2.05, 4.69) is 30.9 Å². The van der Waals surface area contributed by atoms with E-state index >= 15 is 0 Å². The van der Waals surface area contributed by atoms with Gasteiger partial charge < -0.3 is 20.4 Å². The first-order valence-corrected chi connectivity index (χ1v) is 9.30. The number of amides is 1. The number of anilines is 3. The standard InChI is InChI=1S/C19H15ClN6O3/c1-8-7-21-16-15-9-2-5-13(25-14-6-12(20)24-19(28)26-14)23-10(9)3-4-11(15)29-17(16)18(27)22-8/h2-6,8,21H,7H2,1H3,(H,22,27)(H2,23,24,25,26,28). The molecule has 3 aromatic heterocycles. The van der Waals surface area contributed by atoms with Gasteiger partial charge in [-0.25, -0.2) is 9.78 Å². The third-order valence-electron chi connectivity index (χ3n) is 4.66. The van der Waals surface area contributed by atoms with Crippen LogP contribution in [0, 0.1) is 0 Å². The number of aromatic nitrogens is 3. The lowest BCUT2D eigenvalue weighted by Crippen LogP contribution is -2.34. The molecule has 0 saturated carbocycles. The van der Waals surface area contributed by atoms with Gasteiger partial charge in [0.25, 0.3) is 5.91 Å². The van der Waals surface area contributed by atoms with Crippen LogP contribution in [0.15, 0.2) is 39.5 Å². The minimum Gasteiger partial charge on any atom is -0.449 e. The Kier molecular flexibility index (Phi) is 3.92. The Hall–Kier alpha value is -3.59. The van der Waals surface area contributed by atoms with Crippen LogP contribution >= 0.6 is 11.6 Å². The summed E-state index contributed by atoms with van der Waals surface area (Å²) in [6.45, 7) is 2.51. The Balaban J connectivity index is 1.61. The number of aromatic amines is 1. The number of H-pyrrole nitrogens is 1. The highest BCUT2D eigenvalue weighted by Gasteiger charge is 2.26. The second-order valence-electron chi connectivity index (χ2n) is 6.81. The molecule has 9 nitrogen and oxygen atoms in total. The maximum atomic E-state index is 12.4. The number of benzene rings is 1. The Morgan fingerprint density at radius 1 is 1.17 bits per heavy atom. The van der Waals surface area contributed by atoms with Crippen molar-refractivity contribution in [2.24, 2.45) is 0 Å². The van der Waals surface area contributed by atoms with E-state index in [4.69, 9.17) is 16.0 Å². The van der Waals surface area contributed by atoms with Crippen molar-refractivity contribution in [3.8, 4) is 0 Å². The van der Waals surface area contributed by atoms with Crippen LogP contribution < -0.4 is 21.6 Å². The number of furan rings is 1. The summed E-state index contributed by atoms with van der Waals surface area (Å²) >= 11 is 5.86. The van der Waals surface area contributed by atoms with Crippen LogP contribution in [0.2, 0.25) is 5.15 Å². The molecule has 29 heavy (non-hydrogen) atoms. The maximum absolute atomic E-state index is 12.4. The van der Waals surface area contributed by atoms with Gasteiger partial charge in [0, 0.05) is 24.0 Å². The Bertz CT molecular complexity index is 1350. The lowest BCUT2D eigenvalue weighted by Gasteiger charge is -2.10. The minimum absolute atomic E-state index is 0.0163. The molecule has 0 bridgehead atoms. The van der Waals surface area contributed by atoms with Crippen molar-refractivity contribution >= 4 is 56.7 Å². The average molecular weight is 411 g/mol. The smallest absolute Gasteiger partial charge is 0.348 e. The lowest BCUT2D eigenvalue weighted by molar-refractivity contribution is 0.0920. The van der Waals surface area contributed by atoms with Crippen LogP contribution in [0.1, 0.15) is 17.5 Å². The number of nitrogens with zero attached hydrogens (tertiary/aromatic N) is 2. The fraction of sp³-hybridized carbons (Fsp3) is 0.158. The molecule has 0 fully saturated rings. The first kappa shape index (κ1) is 17.5. The highest BCUT2D eigenvalue weighted by atomic mass is 35.5. The van der Waals surface area contributed by atoms with Crippen LogP contribution in [0.5, 0.6) is 0 Å². The van der Waals surface area contributed by atoms with Crippen LogP contribution in [0.3, 0.4) is 0 Å². The van der Waals surface area contributed by atoms with Crippen molar-refractivity contribution in [1.29, 1.82) is 0 Å². The highest BCUT2D eigenvalue weighted by molar-refractivity contribution is 6.29. The summed E-state index contributed by atoms with van der Waals surface area (Å²) < 4.78 is 5.81. The number of pyridine rings is 1. The van der Waals surface area contributed by atoms with Crippen LogP contribution in [0.4, 0.5) is 17.3 Å². The normalized spacial score (nSPS) is 16.2. The predicted molar refractivity (Wildman–Crippen MR) is 110 cm³/mol. The van der Waals surface area contributed by atoms with E-state index < -0.39 is 5.69 Å². The van der Waals surface area contributed by atoms with Crippen LogP contribution in [-0.4, -0.2) is 33.4 Å². The predicted octanol–water partition coefficient (Wildman–Crippen LogP) is 3.01. The molecule has 0 aliphatic carbocycles. The first-order chi connectivity index (χ1) is 14.0. The third-order valence-corrected chi connectivity index (χ3v) is 4.86. The Morgan fingerprint density at radius 2 is 2.03 bits per heavy atom. The van der Waals surface area contributed by atoms with Gasteiger partial charge in [-0.1, -0.05) is 11.6 Å². The molecule has 0 spiro atoms. The van der Waals surface area contributed by atoms with Gasteiger partial charge in [0.05, 0.1) is 16.6 Å². The summed E-state index contributed by atoms with van der Waals surface area (Å²) in [5.41, 5.74) is 1.41. The topological polar surface area (TPSA) is 125 Å². The molecule has 146 valence electrons. The lowest BCUT2D eigenvalue weighted by atomic mass is 10.1. The molecule has 0 radical (unpaired) electrons. The Labute approximate surface area is 168 Å². The summed E-state index contributed by atoms with van der Waals surface area (Å²) in [5, 5.41) is 11.0. The van der Waals surface area contributed by atoms with Gasteiger partial charge in [-0.3, -0.25) is 9.78 Å². The summed E-state index contributed by atoms with van der Waals surface area (Å²) in [5.74, 6) is 0.808. The molecular weight excluding hydrogens is 396 g/mol. The average Bonchev–Trinajstić information content (AvgIpc) is 2.98. The van der Waals surface area contributed by atoms with E-state index in [0.29, 0.717) is 29.1 Å². The monoisotopic (exact) mass is 410 g/mol. The highest BCUT2D eigenvalue weighted by Crippen LogP contribution is 2.37. The van der Waals surface area contributed by atoms with E-state index in [-0.39, 0.29) is 28.7 Å². The number of carbonyl (C=O) groups excluding carboxylic acids is 1. The van der Waals surface area contributed by atoms with Gasteiger partial charge in [0.15, 0.2) is 0 Å². The van der Waals surface area contributed by atoms with Crippen LogP contribution in [-0.2, 0) is 0 Å². The zero-order valence-corrected chi connectivity index (χ0v) is 15.9. The third kappa shape index (κ3) is 3.05. The van der Waals surface area contributed by atoms with Crippen LogP contribution in [0.25, 0.3) is 21.9 Å². The molecule has 0 saturated heterocycles. The SMILES string of the molecule is CC1CNc2c(oc3ccc4nc(Nc5cc(Cl)[nH]c(=O)n5)ccc4c23)C(=O)N1. The van der Waals surface area contributed by atoms with E-state index in [0.717, 1.165) is 10.8 Å². The zero-order valence-electron chi connectivity index (χ0n) is 15.2. The van der Waals surface area contributed by atoms with Gasteiger partial charge in [0.2, 0.25) is 5.76 Å². The summed E-state index contributed by atoms with van der Waals surface area (Å²) in [6.07, 6.45) is 0. The molecule has 4 N–H and O–H groups in total. The van der Waals surface area contributed by atoms with Crippen molar-refractivity contribution in [2.45, 2.75) is 13.0 Å². The molecule has 1 aromatic carbocycles. The van der Waals surface area contributed by atoms with Gasteiger partial charge in [-0.2, -0.15) is 4.98 Å².